The monoisotopic (exact) mass is 260 g/mol. The van der Waals surface area contributed by atoms with Crippen molar-refractivity contribution in [3.05, 3.63) is 23.8 Å². The van der Waals surface area contributed by atoms with Crippen molar-refractivity contribution in [2.24, 2.45) is 0 Å². The molecule has 1 aliphatic rings. The molecule has 4 heteroatoms. The van der Waals surface area contributed by atoms with Crippen LogP contribution in [-0.4, -0.2) is 4.20 Å². The predicted molar refractivity (Wildman–Crippen MR) is 73.7 cm³/mol. The normalized spacial score (nSPS) is 16.4. The lowest BCUT2D eigenvalue weighted by Gasteiger charge is -1.88. The van der Waals surface area contributed by atoms with E-state index in [1.807, 2.05) is 45.8 Å². The largest absolute Gasteiger partial charge is 0.301 e. The Balaban J connectivity index is 2.32. The minimum atomic E-state index is 1.46. The fraction of sp³-hybridized carbons (Fsp3) is 0.400. The summed E-state index contributed by atoms with van der Waals surface area (Å²) in [6.45, 7) is 8.83. The van der Waals surface area contributed by atoms with Gasteiger partial charge in [0.15, 0.2) is 0 Å². The minimum absolute atomic E-state index is 1.46. The lowest BCUT2D eigenvalue weighted by molar-refractivity contribution is 1.51. The molecule has 1 radical (unpaired) electrons. The average molecular weight is 260 g/mol. The van der Waals surface area contributed by atoms with Crippen molar-refractivity contribution in [1.29, 1.82) is 0 Å². The zero-order chi connectivity index (χ0) is 10.3. The fourth-order valence-electron chi connectivity index (χ4n) is 1.05. The molecule has 1 aromatic rings. The first kappa shape index (κ1) is 10.7. The molecule has 0 atom stereocenters. The van der Waals surface area contributed by atoms with Gasteiger partial charge < -0.3 is 0 Å². The molecule has 0 spiro atoms. The molecular formula is C10H12S4+. The van der Waals surface area contributed by atoms with E-state index in [4.69, 9.17) is 0 Å². The van der Waals surface area contributed by atoms with E-state index in [1.165, 1.54) is 28.0 Å². The molecule has 0 saturated carbocycles. The summed E-state index contributed by atoms with van der Waals surface area (Å²) in [5.41, 5.74) is 0. The summed E-state index contributed by atoms with van der Waals surface area (Å²) >= 11 is 7.72. The van der Waals surface area contributed by atoms with E-state index in [0.717, 1.165) is 0 Å². The third-order valence-electron chi connectivity index (χ3n) is 2.14. The molecule has 1 aromatic heterocycles. The van der Waals surface area contributed by atoms with Crippen LogP contribution in [0.1, 0.15) is 27.8 Å². The van der Waals surface area contributed by atoms with E-state index >= 15 is 0 Å². The van der Waals surface area contributed by atoms with Gasteiger partial charge in [-0.25, -0.2) is 0 Å². The maximum absolute atomic E-state index is 2.21. The topological polar surface area (TPSA) is 0 Å². The van der Waals surface area contributed by atoms with Crippen LogP contribution in [0.25, 0.3) is 0 Å². The van der Waals surface area contributed by atoms with Crippen LogP contribution in [0.2, 0.25) is 0 Å². The van der Waals surface area contributed by atoms with Gasteiger partial charge in [0.25, 0.3) is 0 Å². The van der Waals surface area contributed by atoms with Crippen molar-refractivity contribution in [1.82, 2.24) is 0 Å². The number of hydrogen-bond donors (Lipinski definition) is 0. The first-order valence-corrected chi connectivity index (χ1v) is 7.65. The van der Waals surface area contributed by atoms with E-state index in [2.05, 4.69) is 27.7 Å². The van der Waals surface area contributed by atoms with Crippen molar-refractivity contribution in [2.75, 3.05) is 0 Å². The van der Waals surface area contributed by atoms with Gasteiger partial charge in [-0.15, -0.1) is 11.4 Å². The standard InChI is InChI=1S/C10H12S4/c1-5-6(2)12-9(11-5)10-13-7(3)8(4)14-10/h1-4H3/q+1. The summed E-state index contributed by atoms with van der Waals surface area (Å²) in [6.07, 6.45) is 0. The number of rotatable bonds is 1. The molecule has 0 saturated heterocycles. The number of hydrogen-bond acceptors (Lipinski definition) is 2. The van der Waals surface area contributed by atoms with Crippen LogP contribution in [0, 0.1) is 13.8 Å². The second-order valence-electron chi connectivity index (χ2n) is 3.21. The highest BCUT2D eigenvalue weighted by Crippen LogP contribution is 2.41. The van der Waals surface area contributed by atoms with Crippen molar-refractivity contribution in [3.63, 3.8) is 0 Å². The third-order valence-corrected chi connectivity index (χ3v) is 7.92. The summed E-state index contributed by atoms with van der Waals surface area (Å²) in [5, 5.41) is 0. The molecule has 14 heavy (non-hydrogen) atoms. The van der Waals surface area contributed by atoms with Gasteiger partial charge in [0.1, 0.15) is 14.0 Å². The van der Waals surface area contributed by atoms with Crippen LogP contribution in [-0.2, 0) is 0 Å². The van der Waals surface area contributed by atoms with Gasteiger partial charge >= 0.3 is 4.19 Å². The van der Waals surface area contributed by atoms with E-state index in [1.54, 1.807) is 0 Å². The lowest BCUT2D eigenvalue weighted by atomic mass is 10.5. The van der Waals surface area contributed by atoms with E-state index in [0.29, 0.717) is 0 Å². The molecule has 75 valence electrons. The van der Waals surface area contributed by atoms with Crippen molar-refractivity contribution >= 4 is 50.0 Å². The van der Waals surface area contributed by atoms with Crippen molar-refractivity contribution in [2.45, 2.75) is 27.7 Å². The highest BCUT2D eigenvalue weighted by atomic mass is 32.2. The van der Waals surface area contributed by atoms with Gasteiger partial charge in [0.2, 0.25) is 0 Å². The van der Waals surface area contributed by atoms with Crippen LogP contribution in [0.4, 0.5) is 0 Å². The molecule has 0 N–H and O–H groups in total. The van der Waals surface area contributed by atoms with Crippen LogP contribution in [0.5, 0.6) is 0 Å². The quantitative estimate of drug-likeness (QED) is 0.510. The third kappa shape index (κ3) is 1.94. The van der Waals surface area contributed by atoms with E-state index < -0.39 is 0 Å². The summed E-state index contributed by atoms with van der Waals surface area (Å²) in [6, 6.07) is 0. The molecule has 0 nitrogen and oxygen atoms in total. The fourth-order valence-corrected chi connectivity index (χ4v) is 6.41. The maximum Gasteiger partial charge on any atom is 0.301 e. The molecule has 0 fully saturated rings. The summed E-state index contributed by atoms with van der Waals surface area (Å²) in [5.74, 6) is 0. The molecule has 0 amide bonds. The molecule has 0 aromatic carbocycles. The number of aryl methyl sites for hydroxylation is 2. The van der Waals surface area contributed by atoms with Crippen molar-refractivity contribution < 1.29 is 0 Å². The zero-order valence-electron chi connectivity index (χ0n) is 8.63. The van der Waals surface area contributed by atoms with Gasteiger partial charge in [-0.1, -0.05) is 11.8 Å². The highest BCUT2D eigenvalue weighted by molar-refractivity contribution is 8.33. The maximum atomic E-state index is 2.21. The highest BCUT2D eigenvalue weighted by Gasteiger charge is 2.25. The molecule has 2 heterocycles. The summed E-state index contributed by atoms with van der Waals surface area (Å²) < 4.78 is 2.96. The Morgan fingerprint density at radius 3 is 2.14 bits per heavy atom. The molecule has 2 rings (SSSR count). The van der Waals surface area contributed by atoms with Gasteiger partial charge in [-0.2, -0.15) is 0 Å². The van der Waals surface area contributed by atoms with Crippen LogP contribution in [0.15, 0.2) is 9.81 Å². The molecule has 0 unspecified atom stereocenters. The zero-order valence-corrected chi connectivity index (χ0v) is 11.9. The SMILES string of the molecule is CC1=C(C)[S]=C(c2sc(C)c(C)[s+]2)S1. The van der Waals surface area contributed by atoms with Gasteiger partial charge in [0, 0.05) is 9.81 Å². The van der Waals surface area contributed by atoms with Crippen LogP contribution < -0.4 is 0 Å². The van der Waals surface area contributed by atoms with Crippen LogP contribution in [0.3, 0.4) is 0 Å². The Morgan fingerprint density at radius 2 is 1.71 bits per heavy atom. The Bertz CT molecular complexity index is 417. The van der Waals surface area contributed by atoms with Gasteiger partial charge in [-0.05, 0) is 27.7 Å². The lowest BCUT2D eigenvalue weighted by Crippen LogP contribution is -1.81. The van der Waals surface area contributed by atoms with Gasteiger partial charge in [-0.3, -0.25) is 0 Å². The van der Waals surface area contributed by atoms with Crippen molar-refractivity contribution in [3.8, 4) is 0 Å². The molecule has 0 aliphatic carbocycles. The molecule has 1 aliphatic heterocycles. The summed E-state index contributed by atoms with van der Waals surface area (Å²) in [4.78, 5) is 5.84. The van der Waals surface area contributed by atoms with E-state index in [-0.39, 0.29) is 0 Å². The Labute approximate surface area is 101 Å². The Hall–Kier alpha value is 0.230. The second-order valence-corrected chi connectivity index (χ2v) is 8.62. The molecular weight excluding hydrogens is 248 g/mol. The first-order valence-electron chi connectivity index (χ1n) is 4.38. The predicted octanol–water partition coefficient (Wildman–Crippen LogP) is 4.92. The van der Waals surface area contributed by atoms with Crippen LogP contribution >= 0.6 is 45.8 Å². The Kier molecular flexibility index (Phi) is 3.07. The Morgan fingerprint density at radius 1 is 1.00 bits per heavy atom. The minimum Gasteiger partial charge on any atom is -0.127 e. The number of thioether (sulfide) groups is 1. The van der Waals surface area contributed by atoms with Gasteiger partial charge in [0.05, 0.1) is 22.7 Å². The van der Waals surface area contributed by atoms with E-state index in [9.17, 15) is 0 Å². The second kappa shape index (κ2) is 4.00. The molecule has 0 bridgehead atoms. The number of allylic oxidation sites excluding steroid dienone is 2. The summed E-state index contributed by atoms with van der Waals surface area (Å²) in [7, 11) is 0. The smallest absolute Gasteiger partial charge is 0.127 e. The first-order chi connectivity index (χ1) is 6.58. The average Bonchev–Trinajstić information content (AvgIpc) is 2.60.